The van der Waals surface area contributed by atoms with Crippen LogP contribution < -0.4 is 0 Å². The quantitative estimate of drug-likeness (QED) is 0.0344. The monoisotopic (exact) mass is 891 g/mol. The summed E-state index contributed by atoms with van der Waals surface area (Å²) >= 11 is 0. The maximum Gasteiger partial charge on any atom is 0.306 e. The van der Waals surface area contributed by atoms with Gasteiger partial charge in [-0.05, 0) is 25.2 Å². The average molecular weight is 892 g/mol. The minimum Gasteiger partial charge on any atom is -0.462 e. The number of carbonyl (C=O) groups excluding carboxylic acids is 3. The van der Waals surface area contributed by atoms with Crippen molar-refractivity contribution in [3.8, 4) is 0 Å². The Labute approximate surface area is 393 Å². The molecule has 0 aromatic carbocycles. The van der Waals surface area contributed by atoms with E-state index in [1.807, 2.05) is 0 Å². The van der Waals surface area contributed by atoms with Gasteiger partial charge in [0.25, 0.3) is 0 Å². The van der Waals surface area contributed by atoms with Crippen molar-refractivity contribution in [1.82, 2.24) is 0 Å². The predicted octanol–water partition coefficient (Wildman–Crippen LogP) is 18.6. The Bertz CT molecular complexity index is 949. The third-order valence-electron chi connectivity index (χ3n) is 13.0. The summed E-state index contributed by atoms with van der Waals surface area (Å²) in [6.45, 7) is 9.04. The van der Waals surface area contributed by atoms with E-state index in [4.69, 9.17) is 14.2 Å². The molecule has 63 heavy (non-hydrogen) atoms. The molecule has 0 saturated carbocycles. The van der Waals surface area contributed by atoms with Gasteiger partial charge in [0.05, 0.1) is 0 Å². The van der Waals surface area contributed by atoms with Crippen LogP contribution in [-0.2, 0) is 28.6 Å². The van der Waals surface area contributed by atoms with Crippen LogP contribution in [0, 0.1) is 5.92 Å². The van der Waals surface area contributed by atoms with Gasteiger partial charge in [-0.15, -0.1) is 0 Å². The number of carbonyl (C=O) groups is 3. The zero-order valence-electron chi connectivity index (χ0n) is 43.0. The minimum absolute atomic E-state index is 0.0621. The van der Waals surface area contributed by atoms with Gasteiger partial charge >= 0.3 is 17.9 Å². The number of unbranched alkanes of at least 4 members (excludes halogenated alkanes) is 39. The second kappa shape index (κ2) is 51.4. The molecule has 6 nitrogen and oxygen atoms in total. The summed E-state index contributed by atoms with van der Waals surface area (Å²) in [5.41, 5.74) is 0. The van der Waals surface area contributed by atoms with E-state index in [0.29, 0.717) is 19.3 Å². The predicted molar refractivity (Wildman–Crippen MR) is 270 cm³/mol. The minimum atomic E-state index is -0.761. The summed E-state index contributed by atoms with van der Waals surface area (Å²) in [6.07, 6.45) is 55.2. The first-order valence-electron chi connectivity index (χ1n) is 28.4. The zero-order valence-corrected chi connectivity index (χ0v) is 43.0. The molecular formula is C57H110O6. The zero-order chi connectivity index (χ0) is 45.9. The summed E-state index contributed by atoms with van der Waals surface area (Å²) in [6, 6.07) is 0. The molecule has 0 saturated heterocycles. The van der Waals surface area contributed by atoms with E-state index in [1.165, 1.54) is 218 Å². The van der Waals surface area contributed by atoms with E-state index in [2.05, 4.69) is 27.7 Å². The lowest BCUT2D eigenvalue weighted by atomic mass is 10.0. The van der Waals surface area contributed by atoms with Crippen molar-refractivity contribution in [2.75, 3.05) is 13.2 Å². The van der Waals surface area contributed by atoms with E-state index in [-0.39, 0.29) is 31.1 Å². The topological polar surface area (TPSA) is 78.9 Å². The van der Waals surface area contributed by atoms with E-state index in [0.717, 1.165) is 63.7 Å². The SMILES string of the molecule is CCCCCCCCCCCCCCCCCCCCCC(=O)OC[C@H](COC(=O)CCCCCCCCCCCC)OC(=O)CCCCCCCCCCCCCCCC(C)C. The Morgan fingerprint density at radius 2 is 0.524 bits per heavy atom. The molecule has 0 radical (unpaired) electrons. The largest absolute Gasteiger partial charge is 0.462 e. The molecular weight excluding hydrogens is 781 g/mol. The maximum absolute atomic E-state index is 12.8. The summed E-state index contributed by atoms with van der Waals surface area (Å²) in [5.74, 6) is -0.00124. The van der Waals surface area contributed by atoms with E-state index < -0.39 is 6.10 Å². The number of hydrogen-bond donors (Lipinski definition) is 0. The molecule has 0 spiro atoms. The average Bonchev–Trinajstić information content (AvgIpc) is 3.27. The second-order valence-electron chi connectivity index (χ2n) is 20.1. The van der Waals surface area contributed by atoms with Crippen molar-refractivity contribution in [1.29, 1.82) is 0 Å². The molecule has 0 unspecified atom stereocenters. The fraction of sp³-hybridized carbons (Fsp3) is 0.947. The van der Waals surface area contributed by atoms with Crippen molar-refractivity contribution < 1.29 is 28.6 Å². The Morgan fingerprint density at radius 1 is 0.302 bits per heavy atom. The van der Waals surface area contributed by atoms with Crippen molar-refractivity contribution in [3.05, 3.63) is 0 Å². The molecule has 0 rings (SSSR count). The fourth-order valence-electron chi connectivity index (χ4n) is 8.75. The van der Waals surface area contributed by atoms with Gasteiger partial charge in [0, 0.05) is 19.3 Å². The summed E-state index contributed by atoms with van der Waals surface area (Å²) < 4.78 is 16.8. The van der Waals surface area contributed by atoms with Gasteiger partial charge in [0.15, 0.2) is 6.10 Å². The van der Waals surface area contributed by atoms with Crippen LogP contribution in [0.3, 0.4) is 0 Å². The van der Waals surface area contributed by atoms with Crippen LogP contribution in [0.2, 0.25) is 0 Å². The van der Waals surface area contributed by atoms with Crippen molar-refractivity contribution in [2.45, 2.75) is 329 Å². The lowest BCUT2D eigenvalue weighted by Gasteiger charge is -2.18. The highest BCUT2D eigenvalue weighted by atomic mass is 16.6. The smallest absolute Gasteiger partial charge is 0.306 e. The first-order valence-corrected chi connectivity index (χ1v) is 28.4. The van der Waals surface area contributed by atoms with E-state index in [9.17, 15) is 14.4 Å². The molecule has 1 atom stereocenters. The molecule has 0 N–H and O–H groups in total. The summed E-state index contributed by atoms with van der Waals surface area (Å²) in [5, 5.41) is 0. The highest BCUT2D eigenvalue weighted by Gasteiger charge is 2.19. The summed E-state index contributed by atoms with van der Waals surface area (Å²) in [4.78, 5) is 38.0. The van der Waals surface area contributed by atoms with Crippen LogP contribution >= 0.6 is 0 Å². The van der Waals surface area contributed by atoms with E-state index in [1.54, 1.807) is 0 Å². The first-order chi connectivity index (χ1) is 30.9. The van der Waals surface area contributed by atoms with Gasteiger partial charge < -0.3 is 14.2 Å². The van der Waals surface area contributed by atoms with Crippen LogP contribution in [-0.4, -0.2) is 37.2 Å². The van der Waals surface area contributed by atoms with Crippen LogP contribution in [0.25, 0.3) is 0 Å². The van der Waals surface area contributed by atoms with Crippen LogP contribution in [0.15, 0.2) is 0 Å². The Hall–Kier alpha value is -1.59. The van der Waals surface area contributed by atoms with Crippen LogP contribution in [0.4, 0.5) is 0 Å². The maximum atomic E-state index is 12.8. The van der Waals surface area contributed by atoms with Gasteiger partial charge in [-0.3, -0.25) is 14.4 Å². The highest BCUT2D eigenvalue weighted by molar-refractivity contribution is 5.71. The molecule has 0 amide bonds. The standard InChI is InChI=1S/C57H110O6/c1-5-7-9-11-13-15-17-18-19-20-21-22-23-26-29-33-37-41-45-49-56(59)62-52-54(51-61-55(58)48-44-40-36-32-16-14-12-10-8-6-2)63-57(60)50-46-42-38-34-30-27-24-25-28-31-35-39-43-47-53(3)4/h53-54H,5-52H2,1-4H3/t54-/m0/s1. The lowest BCUT2D eigenvalue weighted by molar-refractivity contribution is -0.167. The normalized spacial score (nSPS) is 12.0. The van der Waals surface area contributed by atoms with Gasteiger partial charge in [0.1, 0.15) is 13.2 Å². The molecule has 0 aliphatic heterocycles. The highest BCUT2D eigenvalue weighted by Crippen LogP contribution is 2.18. The van der Waals surface area contributed by atoms with Crippen molar-refractivity contribution in [3.63, 3.8) is 0 Å². The van der Waals surface area contributed by atoms with Gasteiger partial charge in [-0.1, -0.05) is 285 Å². The van der Waals surface area contributed by atoms with Crippen molar-refractivity contribution >= 4 is 17.9 Å². The summed E-state index contributed by atoms with van der Waals surface area (Å²) in [7, 11) is 0. The van der Waals surface area contributed by atoms with Crippen molar-refractivity contribution in [2.24, 2.45) is 5.92 Å². The molecule has 0 bridgehead atoms. The van der Waals surface area contributed by atoms with Gasteiger partial charge in [-0.25, -0.2) is 0 Å². The van der Waals surface area contributed by atoms with E-state index >= 15 is 0 Å². The lowest BCUT2D eigenvalue weighted by Crippen LogP contribution is -2.30. The second-order valence-corrected chi connectivity index (χ2v) is 20.1. The third kappa shape index (κ3) is 51.3. The fourth-order valence-corrected chi connectivity index (χ4v) is 8.75. The Kier molecular flexibility index (Phi) is 50.1. The molecule has 0 aromatic rings. The number of rotatable bonds is 52. The molecule has 0 aliphatic carbocycles. The van der Waals surface area contributed by atoms with Crippen LogP contribution in [0.1, 0.15) is 323 Å². The number of hydrogen-bond acceptors (Lipinski definition) is 6. The Balaban J connectivity index is 4.23. The third-order valence-corrected chi connectivity index (χ3v) is 13.0. The molecule has 6 heteroatoms. The Morgan fingerprint density at radius 3 is 0.778 bits per heavy atom. The first kappa shape index (κ1) is 61.4. The molecule has 0 aromatic heterocycles. The van der Waals surface area contributed by atoms with Gasteiger partial charge in [-0.2, -0.15) is 0 Å². The molecule has 0 heterocycles. The molecule has 0 aliphatic rings. The number of ether oxygens (including phenoxy) is 3. The van der Waals surface area contributed by atoms with Crippen LogP contribution in [0.5, 0.6) is 0 Å². The molecule has 374 valence electrons. The molecule has 0 fully saturated rings. The number of esters is 3. The van der Waals surface area contributed by atoms with Gasteiger partial charge in [0.2, 0.25) is 0 Å².